The lowest BCUT2D eigenvalue weighted by atomic mass is 9.75. The van der Waals surface area contributed by atoms with Gasteiger partial charge in [0, 0.05) is 13.1 Å². The number of alkyl halides is 3. The highest BCUT2D eigenvalue weighted by Crippen LogP contribution is 2.34. The molecule has 0 bridgehead atoms. The summed E-state index contributed by atoms with van der Waals surface area (Å²) in [5, 5.41) is 5.82. The molecule has 4 nitrogen and oxygen atoms in total. The molecule has 0 aromatic heterocycles. The van der Waals surface area contributed by atoms with E-state index in [1.165, 1.54) is 0 Å². The fourth-order valence-corrected chi connectivity index (χ4v) is 2.26. The van der Waals surface area contributed by atoms with Gasteiger partial charge in [-0.3, -0.25) is 4.79 Å². The van der Waals surface area contributed by atoms with Gasteiger partial charge in [-0.1, -0.05) is 13.8 Å². The molecular formula is C12H21F3N2O2. The number of halogens is 3. The van der Waals surface area contributed by atoms with Crippen LogP contribution < -0.4 is 10.6 Å². The van der Waals surface area contributed by atoms with Crippen LogP contribution in [0.4, 0.5) is 13.2 Å². The van der Waals surface area contributed by atoms with Crippen molar-refractivity contribution in [2.45, 2.75) is 26.4 Å². The molecule has 7 heteroatoms. The maximum absolute atomic E-state index is 12.1. The van der Waals surface area contributed by atoms with Crippen molar-refractivity contribution in [1.82, 2.24) is 10.6 Å². The Kier molecular flexibility index (Phi) is 5.61. The first kappa shape index (κ1) is 16.2. The van der Waals surface area contributed by atoms with Gasteiger partial charge in [0.15, 0.2) is 0 Å². The normalized spacial score (nSPS) is 23.9. The third-order valence-corrected chi connectivity index (χ3v) is 3.54. The number of hydrogen-bond acceptors (Lipinski definition) is 3. The summed E-state index contributed by atoms with van der Waals surface area (Å²) in [6.07, 6.45) is -3.57. The Morgan fingerprint density at radius 2 is 2.16 bits per heavy atom. The van der Waals surface area contributed by atoms with Gasteiger partial charge >= 0.3 is 6.18 Å². The van der Waals surface area contributed by atoms with Crippen LogP contribution >= 0.6 is 0 Å². The Hall–Kier alpha value is -0.820. The van der Waals surface area contributed by atoms with Gasteiger partial charge in [-0.15, -0.1) is 0 Å². The van der Waals surface area contributed by atoms with Crippen LogP contribution in [0.25, 0.3) is 0 Å². The van der Waals surface area contributed by atoms with Crippen LogP contribution in [0, 0.1) is 11.3 Å². The van der Waals surface area contributed by atoms with E-state index in [0.29, 0.717) is 6.54 Å². The molecule has 0 radical (unpaired) electrons. The van der Waals surface area contributed by atoms with Crippen molar-refractivity contribution in [3.63, 3.8) is 0 Å². The van der Waals surface area contributed by atoms with E-state index in [1.54, 1.807) is 0 Å². The highest BCUT2D eigenvalue weighted by Gasteiger charge is 2.43. The van der Waals surface area contributed by atoms with Crippen molar-refractivity contribution in [2.75, 3.05) is 32.8 Å². The molecule has 2 N–H and O–H groups in total. The number of carbonyl (C=O) groups is 1. The van der Waals surface area contributed by atoms with E-state index in [1.807, 2.05) is 13.8 Å². The van der Waals surface area contributed by atoms with E-state index < -0.39 is 18.2 Å². The first-order valence-electron chi connectivity index (χ1n) is 6.41. The van der Waals surface area contributed by atoms with Crippen molar-refractivity contribution >= 4 is 5.91 Å². The largest absolute Gasteiger partial charge is 0.411 e. The van der Waals surface area contributed by atoms with E-state index in [-0.39, 0.29) is 25.0 Å². The summed E-state index contributed by atoms with van der Waals surface area (Å²) in [5.74, 6) is 0.0710. The molecule has 0 saturated carbocycles. The van der Waals surface area contributed by atoms with E-state index in [2.05, 4.69) is 15.4 Å². The summed E-state index contributed by atoms with van der Waals surface area (Å²) in [5.41, 5.74) is -0.454. The van der Waals surface area contributed by atoms with E-state index in [9.17, 15) is 18.0 Å². The second-order valence-electron chi connectivity index (χ2n) is 5.16. The fraction of sp³-hybridized carbons (Fsp3) is 0.917. The zero-order valence-corrected chi connectivity index (χ0v) is 11.3. The highest BCUT2D eigenvalue weighted by molar-refractivity contribution is 5.83. The Labute approximate surface area is 111 Å². The second-order valence-corrected chi connectivity index (χ2v) is 5.16. The topological polar surface area (TPSA) is 50.4 Å². The van der Waals surface area contributed by atoms with E-state index in [0.717, 1.165) is 13.0 Å². The summed E-state index contributed by atoms with van der Waals surface area (Å²) >= 11 is 0. The molecule has 1 aliphatic heterocycles. The van der Waals surface area contributed by atoms with Crippen LogP contribution in [-0.4, -0.2) is 44.9 Å². The molecule has 112 valence electrons. The molecule has 1 atom stereocenters. The van der Waals surface area contributed by atoms with Crippen LogP contribution in [-0.2, 0) is 9.53 Å². The van der Waals surface area contributed by atoms with Crippen LogP contribution in [0.15, 0.2) is 0 Å². The first-order chi connectivity index (χ1) is 8.78. The predicted octanol–water partition coefficient (Wildman–Crippen LogP) is 1.32. The molecule has 0 aromatic carbocycles. The lowest BCUT2D eigenvalue weighted by Gasteiger charge is -2.31. The second kappa shape index (κ2) is 6.56. The third-order valence-electron chi connectivity index (χ3n) is 3.54. The van der Waals surface area contributed by atoms with Gasteiger partial charge in [0.2, 0.25) is 5.91 Å². The number of ether oxygens (including phenoxy) is 1. The number of carbonyl (C=O) groups excluding carboxylic acids is 1. The molecule has 1 rings (SSSR count). The molecule has 1 amide bonds. The maximum atomic E-state index is 12.1. The number of hydrogen-bond donors (Lipinski definition) is 2. The minimum Gasteiger partial charge on any atom is -0.370 e. The highest BCUT2D eigenvalue weighted by atomic mass is 19.4. The summed E-state index contributed by atoms with van der Waals surface area (Å²) in [4.78, 5) is 12.1. The van der Waals surface area contributed by atoms with Crippen LogP contribution in [0.1, 0.15) is 20.3 Å². The van der Waals surface area contributed by atoms with Gasteiger partial charge in [0.25, 0.3) is 0 Å². The molecule has 1 unspecified atom stereocenters. The van der Waals surface area contributed by atoms with Gasteiger partial charge in [0.1, 0.15) is 6.61 Å². The molecule has 1 aliphatic rings. The lowest BCUT2D eigenvalue weighted by Crippen LogP contribution is -2.47. The van der Waals surface area contributed by atoms with Crippen molar-refractivity contribution in [2.24, 2.45) is 11.3 Å². The van der Waals surface area contributed by atoms with Crippen molar-refractivity contribution < 1.29 is 22.7 Å². The molecule has 0 aliphatic carbocycles. The predicted molar refractivity (Wildman–Crippen MR) is 64.6 cm³/mol. The van der Waals surface area contributed by atoms with E-state index in [4.69, 9.17) is 0 Å². The molecule has 1 fully saturated rings. The Balaban J connectivity index is 2.30. The minimum atomic E-state index is -4.32. The van der Waals surface area contributed by atoms with Crippen LogP contribution in [0.2, 0.25) is 0 Å². The number of nitrogens with one attached hydrogen (secondary N) is 2. The average Bonchev–Trinajstić information content (AvgIpc) is 2.76. The average molecular weight is 282 g/mol. The standard InChI is InChI=1S/C12H21F3N2O2/c1-9(2)11(3-4-16-7-11)10(18)17-5-6-19-8-12(13,14)15/h9,16H,3-8H2,1-2H3,(H,17,18). The third kappa shape index (κ3) is 4.65. The van der Waals surface area contributed by atoms with E-state index >= 15 is 0 Å². The van der Waals surface area contributed by atoms with Crippen molar-refractivity contribution in [3.05, 3.63) is 0 Å². The Morgan fingerprint density at radius 3 is 2.63 bits per heavy atom. The summed E-state index contributed by atoms with van der Waals surface area (Å²) in [6.45, 7) is 4.05. The van der Waals surface area contributed by atoms with Gasteiger partial charge in [-0.25, -0.2) is 0 Å². The first-order valence-corrected chi connectivity index (χ1v) is 6.41. The lowest BCUT2D eigenvalue weighted by molar-refractivity contribution is -0.173. The van der Waals surface area contributed by atoms with Gasteiger partial charge in [0.05, 0.1) is 12.0 Å². The summed E-state index contributed by atoms with van der Waals surface area (Å²) in [7, 11) is 0. The minimum absolute atomic E-state index is 0.101. The molecule has 0 aromatic rings. The zero-order valence-electron chi connectivity index (χ0n) is 11.3. The summed E-state index contributed by atoms with van der Waals surface area (Å²) in [6, 6.07) is 0. The summed E-state index contributed by atoms with van der Waals surface area (Å²) < 4.78 is 39.9. The van der Waals surface area contributed by atoms with Gasteiger partial charge < -0.3 is 15.4 Å². The molecular weight excluding hydrogens is 261 g/mol. The van der Waals surface area contributed by atoms with Crippen molar-refractivity contribution in [1.29, 1.82) is 0 Å². The SMILES string of the molecule is CC(C)C1(C(=O)NCCOCC(F)(F)F)CCNC1. The molecule has 0 spiro atoms. The molecule has 19 heavy (non-hydrogen) atoms. The van der Waals surface area contributed by atoms with Crippen molar-refractivity contribution in [3.8, 4) is 0 Å². The monoisotopic (exact) mass is 282 g/mol. The number of amides is 1. The smallest absolute Gasteiger partial charge is 0.370 e. The maximum Gasteiger partial charge on any atom is 0.411 e. The number of rotatable bonds is 6. The quantitative estimate of drug-likeness (QED) is 0.722. The Bertz CT molecular complexity index is 300. The van der Waals surface area contributed by atoms with Gasteiger partial charge in [-0.05, 0) is 18.9 Å². The Morgan fingerprint density at radius 1 is 1.47 bits per heavy atom. The molecule has 1 saturated heterocycles. The van der Waals surface area contributed by atoms with Crippen LogP contribution in [0.3, 0.4) is 0 Å². The fourth-order valence-electron chi connectivity index (χ4n) is 2.26. The van der Waals surface area contributed by atoms with Gasteiger partial charge in [-0.2, -0.15) is 13.2 Å². The van der Waals surface area contributed by atoms with Crippen LogP contribution in [0.5, 0.6) is 0 Å². The molecule has 1 heterocycles. The zero-order chi connectivity index (χ0) is 14.5.